The zero-order chi connectivity index (χ0) is 24.6. The first kappa shape index (κ1) is 22.2. The Hall–Kier alpha value is -4.29. The summed E-state index contributed by atoms with van der Waals surface area (Å²) in [4.78, 5) is 23.9. The van der Waals surface area contributed by atoms with Gasteiger partial charge in [-0.3, -0.25) is 9.36 Å². The molecule has 0 saturated carbocycles. The zero-order valence-electron chi connectivity index (χ0n) is 20.0. The first-order valence-electron chi connectivity index (χ1n) is 11.9. The van der Waals surface area contributed by atoms with Gasteiger partial charge in [0.1, 0.15) is 17.0 Å². The minimum Gasteiger partial charge on any atom is -0.361 e. The highest BCUT2D eigenvalue weighted by Crippen LogP contribution is 2.37. The highest BCUT2D eigenvalue weighted by Gasteiger charge is 2.20. The Morgan fingerprint density at radius 1 is 0.889 bits per heavy atom. The number of nitrogens with one attached hydrogen (secondary N) is 1. The number of para-hydroxylation sites is 1. The lowest BCUT2D eigenvalue weighted by Crippen LogP contribution is -2.26. The molecule has 3 aromatic heterocycles. The largest absolute Gasteiger partial charge is 0.361 e. The SMILES string of the molecule is Cc1cccc2cc([C@H](C)Nc3ncnc4scc(-c5ccccc5)c34)n(-c3ccccc3)c(=O)c12. The summed E-state index contributed by atoms with van der Waals surface area (Å²) >= 11 is 1.61. The normalized spacial score (nSPS) is 12.2. The smallest absolute Gasteiger partial charge is 0.263 e. The van der Waals surface area contributed by atoms with Crippen molar-refractivity contribution in [3.8, 4) is 16.8 Å². The summed E-state index contributed by atoms with van der Waals surface area (Å²) in [5.41, 5.74) is 4.88. The third kappa shape index (κ3) is 3.76. The number of nitrogens with zero attached hydrogens (tertiary/aromatic N) is 3. The summed E-state index contributed by atoms with van der Waals surface area (Å²) in [6.45, 7) is 4.05. The summed E-state index contributed by atoms with van der Waals surface area (Å²) in [5.74, 6) is 0.754. The van der Waals surface area contributed by atoms with Gasteiger partial charge in [-0.2, -0.15) is 0 Å². The molecule has 3 heterocycles. The molecule has 0 unspecified atom stereocenters. The van der Waals surface area contributed by atoms with Gasteiger partial charge in [0.05, 0.1) is 16.8 Å². The van der Waals surface area contributed by atoms with Crippen molar-refractivity contribution in [3.05, 3.63) is 118 Å². The number of thiophene rings is 1. The van der Waals surface area contributed by atoms with Gasteiger partial charge in [0.2, 0.25) is 0 Å². The Morgan fingerprint density at radius 2 is 1.64 bits per heavy atom. The van der Waals surface area contributed by atoms with E-state index in [1.807, 2.05) is 78.2 Å². The number of hydrogen-bond donors (Lipinski definition) is 1. The topological polar surface area (TPSA) is 59.8 Å². The quantitative estimate of drug-likeness (QED) is 0.280. The van der Waals surface area contributed by atoms with E-state index < -0.39 is 0 Å². The van der Waals surface area contributed by atoms with Gasteiger partial charge < -0.3 is 5.32 Å². The minimum absolute atomic E-state index is 0.0196. The molecule has 0 fully saturated rings. The molecule has 0 saturated heterocycles. The molecule has 176 valence electrons. The number of anilines is 1. The van der Waals surface area contributed by atoms with Crippen LogP contribution in [0.5, 0.6) is 0 Å². The molecule has 5 nitrogen and oxygen atoms in total. The maximum Gasteiger partial charge on any atom is 0.263 e. The van der Waals surface area contributed by atoms with Crippen LogP contribution < -0.4 is 10.9 Å². The summed E-state index contributed by atoms with van der Waals surface area (Å²) in [7, 11) is 0. The number of benzene rings is 3. The number of aryl methyl sites for hydroxylation is 1. The molecule has 6 aromatic rings. The zero-order valence-corrected chi connectivity index (χ0v) is 20.8. The van der Waals surface area contributed by atoms with Crippen molar-refractivity contribution in [2.45, 2.75) is 19.9 Å². The van der Waals surface area contributed by atoms with Gasteiger partial charge in [-0.1, -0.05) is 66.7 Å². The fourth-order valence-electron chi connectivity index (χ4n) is 4.81. The third-order valence-corrected chi connectivity index (χ3v) is 7.44. The van der Waals surface area contributed by atoms with Gasteiger partial charge in [0.15, 0.2) is 0 Å². The highest BCUT2D eigenvalue weighted by atomic mass is 32.1. The molecule has 1 atom stereocenters. The number of aromatic nitrogens is 3. The van der Waals surface area contributed by atoms with Gasteiger partial charge in [-0.05, 0) is 48.6 Å². The first-order valence-corrected chi connectivity index (χ1v) is 12.7. The van der Waals surface area contributed by atoms with E-state index in [1.165, 1.54) is 0 Å². The Balaban J connectivity index is 1.52. The molecule has 0 bridgehead atoms. The molecule has 36 heavy (non-hydrogen) atoms. The average molecular weight is 489 g/mol. The monoisotopic (exact) mass is 488 g/mol. The molecule has 0 aliphatic heterocycles. The Morgan fingerprint density at radius 3 is 2.42 bits per heavy atom. The molecule has 3 aromatic carbocycles. The van der Waals surface area contributed by atoms with E-state index in [0.717, 1.165) is 54.9 Å². The molecule has 6 heteroatoms. The van der Waals surface area contributed by atoms with E-state index in [9.17, 15) is 4.79 Å². The van der Waals surface area contributed by atoms with Crippen LogP contribution in [0.15, 0.2) is 101 Å². The van der Waals surface area contributed by atoms with Crippen LogP contribution in [-0.2, 0) is 0 Å². The van der Waals surface area contributed by atoms with E-state index in [1.54, 1.807) is 17.7 Å². The van der Waals surface area contributed by atoms with Crippen molar-refractivity contribution in [2.24, 2.45) is 0 Å². The number of hydrogen-bond acceptors (Lipinski definition) is 5. The van der Waals surface area contributed by atoms with Gasteiger partial charge in [-0.25, -0.2) is 9.97 Å². The second-order valence-corrected chi connectivity index (χ2v) is 9.73. The average Bonchev–Trinajstić information content (AvgIpc) is 3.35. The second kappa shape index (κ2) is 9.06. The van der Waals surface area contributed by atoms with Crippen LogP contribution >= 0.6 is 11.3 Å². The number of rotatable bonds is 5. The van der Waals surface area contributed by atoms with E-state index in [4.69, 9.17) is 0 Å². The predicted octanol–water partition coefficient (Wildman–Crippen LogP) is 7.14. The molecule has 0 aliphatic rings. The van der Waals surface area contributed by atoms with Crippen LogP contribution in [0.2, 0.25) is 0 Å². The van der Waals surface area contributed by atoms with E-state index in [2.05, 4.69) is 45.8 Å². The molecular weight excluding hydrogens is 464 g/mol. The van der Waals surface area contributed by atoms with Crippen molar-refractivity contribution >= 4 is 38.1 Å². The van der Waals surface area contributed by atoms with Gasteiger partial charge in [-0.15, -0.1) is 11.3 Å². The second-order valence-electron chi connectivity index (χ2n) is 8.87. The van der Waals surface area contributed by atoms with Gasteiger partial charge in [0, 0.05) is 22.3 Å². The Bertz CT molecular complexity index is 1760. The van der Waals surface area contributed by atoms with Crippen LogP contribution in [0.1, 0.15) is 24.2 Å². The van der Waals surface area contributed by atoms with Crippen molar-refractivity contribution in [3.63, 3.8) is 0 Å². The number of pyridine rings is 1. The van der Waals surface area contributed by atoms with Crippen molar-refractivity contribution in [2.75, 3.05) is 5.32 Å². The first-order chi connectivity index (χ1) is 17.6. The summed E-state index contributed by atoms with van der Waals surface area (Å²) < 4.78 is 1.82. The molecule has 0 radical (unpaired) electrons. The minimum atomic E-state index is -0.204. The maximum absolute atomic E-state index is 13.8. The van der Waals surface area contributed by atoms with Crippen LogP contribution in [-0.4, -0.2) is 14.5 Å². The van der Waals surface area contributed by atoms with Crippen molar-refractivity contribution < 1.29 is 0 Å². The lowest BCUT2D eigenvalue weighted by Gasteiger charge is -2.22. The van der Waals surface area contributed by atoms with Crippen molar-refractivity contribution in [1.29, 1.82) is 0 Å². The van der Waals surface area contributed by atoms with Crippen LogP contribution in [0.3, 0.4) is 0 Å². The molecule has 1 N–H and O–H groups in total. The Labute approximate surface area is 212 Å². The van der Waals surface area contributed by atoms with E-state index in [-0.39, 0.29) is 11.6 Å². The van der Waals surface area contributed by atoms with Crippen LogP contribution in [0.25, 0.3) is 37.8 Å². The molecule has 0 aliphatic carbocycles. The fraction of sp³-hybridized carbons (Fsp3) is 0.100. The lowest BCUT2D eigenvalue weighted by atomic mass is 10.0. The van der Waals surface area contributed by atoms with E-state index in [0.29, 0.717) is 0 Å². The van der Waals surface area contributed by atoms with Crippen LogP contribution in [0, 0.1) is 6.92 Å². The fourth-order valence-corrected chi connectivity index (χ4v) is 5.73. The lowest BCUT2D eigenvalue weighted by molar-refractivity contribution is 0.774. The van der Waals surface area contributed by atoms with Gasteiger partial charge in [0.25, 0.3) is 5.56 Å². The highest BCUT2D eigenvalue weighted by molar-refractivity contribution is 7.17. The van der Waals surface area contributed by atoms with Gasteiger partial charge >= 0.3 is 0 Å². The summed E-state index contributed by atoms with van der Waals surface area (Å²) in [5, 5.41) is 8.41. The third-order valence-electron chi connectivity index (χ3n) is 6.55. The molecule has 0 spiro atoms. The van der Waals surface area contributed by atoms with Crippen LogP contribution in [0.4, 0.5) is 5.82 Å². The van der Waals surface area contributed by atoms with Crippen molar-refractivity contribution in [1.82, 2.24) is 14.5 Å². The maximum atomic E-state index is 13.8. The molecule has 6 rings (SSSR count). The molecule has 0 amide bonds. The summed E-state index contributed by atoms with van der Waals surface area (Å²) in [6, 6.07) is 28.0. The molecular formula is C30H24N4OS. The standard InChI is InChI=1S/C30H24N4OS/c1-19-10-9-13-22-16-25(34(30(35)26(19)22)23-14-7-4-8-15-23)20(2)33-28-27-24(21-11-5-3-6-12-21)17-36-29(27)32-18-31-28/h3-18,20H,1-2H3,(H,31,32,33)/t20-/m0/s1. The number of fused-ring (bicyclic) bond motifs is 2. The summed E-state index contributed by atoms with van der Waals surface area (Å²) in [6.07, 6.45) is 1.59. The van der Waals surface area contributed by atoms with E-state index >= 15 is 0 Å². The predicted molar refractivity (Wildman–Crippen MR) is 149 cm³/mol. The Kier molecular flexibility index (Phi) is 5.58.